The highest BCUT2D eigenvalue weighted by molar-refractivity contribution is 6.04. The van der Waals surface area contributed by atoms with Crippen LogP contribution in [0.1, 0.15) is 23.2 Å². The fourth-order valence-corrected chi connectivity index (χ4v) is 2.53. The second-order valence-corrected chi connectivity index (χ2v) is 5.68. The van der Waals surface area contributed by atoms with E-state index in [1.807, 2.05) is 0 Å². The van der Waals surface area contributed by atoms with Crippen molar-refractivity contribution >= 4 is 23.2 Å². The van der Waals surface area contributed by atoms with Crippen molar-refractivity contribution < 1.29 is 23.1 Å². The molecule has 1 aliphatic rings. The van der Waals surface area contributed by atoms with Gasteiger partial charge in [0.2, 0.25) is 0 Å². The zero-order valence-corrected chi connectivity index (χ0v) is 13.2. The van der Waals surface area contributed by atoms with Gasteiger partial charge in [0.05, 0.1) is 0 Å². The zero-order chi connectivity index (χ0) is 17.8. The van der Waals surface area contributed by atoms with Gasteiger partial charge in [-0.15, -0.1) is 0 Å². The summed E-state index contributed by atoms with van der Waals surface area (Å²) in [4.78, 5) is 24.0. The molecule has 0 unspecified atom stereocenters. The highest BCUT2D eigenvalue weighted by Gasteiger charge is 2.23. The molecule has 130 valence electrons. The number of carbonyl (C=O) groups is 2. The van der Waals surface area contributed by atoms with Crippen molar-refractivity contribution in [3.8, 4) is 0 Å². The van der Waals surface area contributed by atoms with Crippen LogP contribution in [-0.2, 0) is 9.53 Å². The van der Waals surface area contributed by atoms with Crippen molar-refractivity contribution in [2.75, 3.05) is 17.2 Å². The molecular formula is C18H16F2N2O3. The molecule has 0 aromatic heterocycles. The number of halogens is 2. The van der Waals surface area contributed by atoms with E-state index >= 15 is 0 Å². The van der Waals surface area contributed by atoms with Gasteiger partial charge in [0.25, 0.3) is 11.8 Å². The first-order valence-electron chi connectivity index (χ1n) is 7.81. The summed E-state index contributed by atoms with van der Waals surface area (Å²) in [6.45, 7) is 0.587. The number of nitrogens with one attached hydrogen (secondary N) is 2. The molecule has 1 fully saturated rings. The van der Waals surface area contributed by atoms with Gasteiger partial charge in [0.15, 0.2) is 0 Å². The highest BCUT2D eigenvalue weighted by Crippen LogP contribution is 2.18. The molecule has 0 bridgehead atoms. The number of hydrogen-bond acceptors (Lipinski definition) is 3. The fraction of sp³-hybridized carbons (Fsp3) is 0.222. The lowest BCUT2D eigenvalue weighted by atomic mass is 10.2. The quantitative estimate of drug-likeness (QED) is 0.892. The molecule has 1 heterocycles. The Balaban J connectivity index is 1.62. The standard InChI is InChI=1S/C18H16F2N2O3/c19-12-8-11(9-13(20)10-12)17(23)21-14-3-5-15(6-4-14)22-18(24)16-2-1-7-25-16/h3-6,8-10,16H,1-2,7H2,(H,21,23)(H,22,24)/t16-/m0/s1. The van der Waals surface area contributed by atoms with Crippen LogP contribution in [0.3, 0.4) is 0 Å². The molecule has 2 amide bonds. The second kappa shape index (κ2) is 7.40. The Morgan fingerprint density at radius 3 is 2.12 bits per heavy atom. The van der Waals surface area contributed by atoms with Crippen molar-refractivity contribution in [1.29, 1.82) is 0 Å². The van der Waals surface area contributed by atoms with Gasteiger partial charge >= 0.3 is 0 Å². The van der Waals surface area contributed by atoms with Gasteiger partial charge in [0.1, 0.15) is 17.7 Å². The van der Waals surface area contributed by atoms with Crippen LogP contribution in [-0.4, -0.2) is 24.5 Å². The number of ether oxygens (including phenoxy) is 1. The Morgan fingerprint density at radius 1 is 0.960 bits per heavy atom. The van der Waals surface area contributed by atoms with Crippen molar-refractivity contribution in [2.45, 2.75) is 18.9 Å². The second-order valence-electron chi connectivity index (χ2n) is 5.68. The predicted molar refractivity (Wildman–Crippen MR) is 88.4 cm³/mol. The maximum atomic E-state index is 13.2. The SMILES string of the molecule is O=C(Nc1ccc(NC(=O)[C@@H]2CCCO2)cc1)c1cc(F)cc(F)c1. The summed E-state index contributed by atoms with van der Waals surface area (Å²) in [5, 5.41) is 5.27. The van der Waals surface area contributed by atoms with E-state index in [2.05, 4.69) is 10.6 Å². The zero-order valence-electron chi connectivity index (χ0n) is 13.2. The Kier molecular flexibility index (Phi) is 5.04. The molecule has 0 aliphatic carbocycles. The Hall–Kier alpha value is -2.80. The van der Waals surface area contributed by atoms with Crippen molar-refractivity contribution in [1.82, 2.24) is 0 Å². The molecule has 0 radical (unpaired) electrons. The summed E-state index contributed by atoms with van der Waals surface area (Å²) in [6.07, 6.45) is 1.13. The number of anilines is 2. The summed E-state index contributed by atoms with van der Waals surface area (Å²) in [5.41, 5.74) is 0.883. The lowest BCUT2D eigenvalue weighted by Crippen LogP contribution is -2.26. The molecule has 3 rings (SSSR count). The van der Waals surface area contributed by atoms with Crippen LogP contribution in [0.15, 0.2) is 42.5 Å². The molecule has 0 saturated carbocycles. The molecule has 5 nitrogen and oxygen atoms in total. The van der Waals surface area contributed by atoms with Crippen LogP contribution in [0.4, 0.5) is 20.2 Å². The fourth-order valence-electron chi connectivity index (χ4n) is 2.53. The van der Waals surface area contributed by atoms with E-state index < -0.39 is 23.6 Å². The van der Waals surface area contributed by atoms with Crippen LogP contribution in [0.25, 0.3) is 0 Å². The van der Waals surface area contributed by atoms with E-state index in [0.717, 1.165) is 18.6 Å². The summed E-state index contributed by atoms with van der Waals surface area (Å²) in [5.74, 6) is -2.48. The van der Waals surface area contributed by atoms with Crippen LogP contribution in [0.2, 0.25) is 0 Å². The first-order chi connectivity index (χ1) is 12.0. The molecule has 0 spiro atoms. The Labute approximate surface area is 143 Å². The van der Waals surface area contributed by atoms with Gasteiger partial charge < -0.3 is 15.4 Å². The van der Waals surface area contributed by atoms with Gasteiger partial charge in [-0.2, -0.15) is 0 Å². The lowest BCUT2D eigenvalue weighted by molar-refractivity contribution is -0.124. The van der Waals surface area contributed by atoms with E-state index in [1.54, 1.807) is 24.3 Å². The minimum absolute atomic E-state index is 0.117. The average molecular weight is 346 g/mol. The minimum atomic E-state index is -0.822. The summed E-state index contributed by atoms with van der Waals surface area (Å²) >= 11 is 0. The lowest BCUT2D eigenvalue weighted by Gasteiger charge is -2.11. The third-order valence-electron chi connectivity index (χ3n) is 3.76. The summed E-state index contributed by atoms with van der Waals surface area (Å²) in [7, 11) is 0. The third-order valence-corrected chi connectivity index (χ3v) is 3.76. The van der Waals surface area contributed by atoms with Gasteiger partial charge in [0, 0.05) is 29.6 Å². The van der Waals surface area contributed by atoms with E-state index in [1.165, 1.54) is 0 Å². The number of hydrogen-bond donors (Lipinski definition) is 2. The highest BCUT2D eigenvalue weighted by atomic mass is 19.1. The Bertz CT molecular complexity index is 767. The summed E-state index contributed by atoms with van der Waals surface area (Å²) in [6, 6.07) is 9.01. The van der Waals surface area contributed by atoms with Gasteiger partial charge in [-0.05, 0) is 49.2 Å². The first-order valence-corrected chi connectivity index (χ1v) is 7.81. The first kappa shape index (κ1) is 17.0. The van der Waals surface area contributed by atoms with Crippen molar-refractivity contribution in [3.63, 3.8) is 0 Å². The molecule has 25 heavy (non-hydrogen) atoms. The molecular weight excluding hydrogens is 330 g/mol. The molecule has 2 aromatic rings. The molecule has 2 aromatic carbocycles. The third kappa shape index (κ3) is 4.39. The van der Waals surface area contributed by atoms with Crippen LogP contribution in [0.5, 0.6) is 0 Å². The van der Waals surface area contributed by atoms with Crippen molar-refractivity contribution in [2.24, 2.45) is 0 Å². The summed E-state index contributed by atoms with van der Waals surface area (Å²) < 4.78 is 31.6. The molecule has 1 atom stereocenters. The monoisotopic (exact) mass is 346 g/mol. The maximum absolute atomic E-state index is 13.2. The smallest absolute Gasteiger partial charge is 0.255 e. The normalized spacial score (nSPS) is 16.5. The van der Waals surface area contributed by atoms with E-state index in [9.17, 15) is 18.4 Å². The minimum Gasteiger partial charge on any atom is -0.368 e. The van der Waals surface area contributed by atoms with Gasteiger partial charge in [-0.25, -0.2) is 8.78 Å². The Morgan fingerprint density at radius 2 is 1.56 bits per heavy atom. The molecule has 2 N–H and O–H groups in total. The number of amides is 2. The van der Waals surface area contributed by atoms with Crippen LogP contribution < -0.4 is 10.6 Å². The van der Waals surface area contributed by atoms with Crippen molar-refractivity contribution in [3.05, 3.63) is 59.7 Å². The maximum Gasteiger partial charge on any atom is 0.255 e. The number of benzene rings is 2. The van der Waals surface area contributed by atoms with E-state index in [0.29, 0.717) is 30.5 Å². The molecule has 1 aliphatic heterocycles. The molecule has 1 saturated heterocycles. The van der Waals surface area contributed by atoms with Gasteiger partial charge in [-0.1, -0.05) is 0 Å². The van der Waals surface area contributed by atoms with E-state index in [4.69, 9.17) is 4.74 Å². The van der Waals surface area contributed by atoms with Crippen LogP contribution in [0, 0.1) is 11.6 Å². The number of carbonyl (C=O) groups excluding carboxylic acids is 2. The molecule has 7 heteroatoms. The van der Waals surface area contributed by atoms with E-state index in [-0.39, 0.29) is 11.5 Å². The van der Waals surface area contributed by atoms with Gasteiger partial charge in [-0.3, -0.25) is 9.59 Å². The topological polar surface area (TPSA) is 67.4 Å². The average Bonchev–Trinajstić information content (AvgIpc) is 3.10. The largest absolute Gasteiger partial charge is 0.368 e. The predicted octanol–water partition coefficient (Wildman–Crippen LogP) is 3.33. The van der Waals surface area contributed by atoms with Crippen LogP contribution >= 0.6 is 0 Å². The number of rotatable bonds is 4.